The lowest BCUT2D eigenvalue weighted by Gasteiger charge is -2.48. The van der Waals surface area contributed by atoms with Crippen LogP contribution >= 0.6 is 0 Å². The maximum absolute atomic E-state index is 2.97. The maximum Gasteiger partial charge on any atom is 0.0161 e. The molecule has 1 aliphatic carbocycles. The summed E-state index contributed by atoms with van der Waals surface area (Å²) in [5.41, 5.74) is 0.435. The second kappa shape index (κ2) is 5.48. The largest absolute Gasteiger partial charge is 0.298 e. The molecule has 0 aromatic carbocycles. The average Bonchev–Trinajstić information content (AvgIpc) is 3.10. The molecule has 4 fully saturated rings. The van der Waals surface area contributed by atoms with Crippen molar-refractivity contribution in [3.05, 3.63) is 0 Å². The lowest BCUT2D eigenvalue weighted by Crippen LogP contribution is -2.54. The summed E-state index contributed by atoms with van der Waals surface area (Å²) in [5.74, 6) is 1.99. The van der Waals surface area contributed by atoms with Gasteiger partial charge in [-0.3, -0.25) is 9.80 Å². The number of piperidine rings is 2. The minimum atomic E-state index is 0.435. The van der Waals surface area contributed by atoms with E-state index in [1.807, 2.05) is 0 Å². The summed E-state index contributed by atoms with van der Waals surface area (Å²) in [6, 6.07) is 3.49. The number of hydrogen-bond donors (Lipinski definition) is 0. The molecule has 3 heterocycles. The zero-order valence-corrected chi connectivity index (χ0v) is 15.2. The summed E-state index contributed by atoms with van der Waals surface area (Å²) in [6.45, 7) is 11.3. The number of hydrogen-bond acceptors (Lipinski definition) is 2. The molecule has 2 nitrogen and oxygen atoms in total. The van der Waals surface area contributed by atoms with Gasteiger partial charge in [0.25, 0.3) is 0 Å². The van der Waals surface area contributed by atoms with E-state index in [4.69, 9.17) is 0 Å². The van der Waals surface area contributed by atoms with E-state index in [0.29, 0.717) is 5.54 Å². The van der Waals surface area contributed by atoms with Crippen LogP contribution < -0.4 is 0 Å². The highest BCUT2D eigenvalue weighted by atomic mass is 15.3. The van der Waals surface area contributed by atoms with Crippen LogP contribution in [0.1, 0.15) is 79.1 Å². The SMILES string of the molecule is CC(C)N1CC2CC1CC2CC(C)(C)N1C2CCCC1CC2. The minimum Gasteiger partial charge on any atom is -0.298 e. The predicted octanol–water partition coefficient (Wildman–Crippen LogP) is 4.29. The van der Waals surface area contributed by atoms with Crippen LogP contribution in [0.25, 0.3) is 0 Å². The highest BCUT2D eigenvalue weighted by molar-refractivity contribution is 5.04. The molecule has 3 saturated heterocycles. The molecule has 22 heavy (non-hydrogen) atoms. The van der Waals surface area contributed by atoms with Crippen LogP contribution in [0, 0.1) is 11.8 Å². The van der Waals surface area contributed by atoms with E-state index >= 15 is 0 Å². The lowest BCUT2D eigenvalue weighted by atomic mass is 9.80. The molecule has 4 bridgehead atoms. The fourth-order valence-electron chi connectivity index (χ4n) is 6.83. The first-order chi connectivity index (χ1) is 10.5. The van der Waals surface area contributed by atoms with Gasteiger partial charge < -0.3 is 0 Å². The van der Waals surface area contributed by atoms with Crippen LogP contribution in [0.2, 0.25) is 0 Å². The zero-order chi connectivity index (χ0) is 15.5. The standard InChI is InChI=1S/C20H36N2/c1-14(2)21-13-16-11-19(21)10-15(16)12-20(3,4)22-17-6-5-7-18(22)9-8-17/h14-19H,5-13H2,1-4H3. The maximum atomic E-state index is 2.97. The Morgan fingerprint density at radius 1 is 0.955 bits per heavy atom. The first-order valence-electron chi connectivity index (χ1n) is 10.00. The zero-order valence-electron chi connectivity index (χ0n) is 15.2. The third-order valence-corrected chi connectivity index (χ3v) is 7.55. The monoisotopic (exact) mass is 304 g/mol. The smallest absolute Gasteiger partial charge is 0.0161 e. The van der Waals surface area contributed by atoms with E-state index in [-0.39, 0.29) is 0 Å². The van der Waals surface area contributed by atoms with E-state index < -0.39 is 0 Å². The molecule has 2 heteroatoms. The Balaban J connectivity index is 1.42. The fraction of sp³-hybridized carbons (Fsp3) is 1.00. The van der Waals surface area contributed by atoms with E-state index in [2.05, 4.69) is 37.5 Å². The van der Waals surface area contributed by atoms with Gasteiger partial charge in [-0.1, -0.05) is 6.42 Å². The van der Waals surface area contributed by atoms with Crippen molar-refractivity contribution < 1.29 is 0 Å². The van der Waals surface area contributed by atoms with Crippen molar-refractivity contribution in [1.82, 2.24) is 9.80 Å². The van der Waals surface area contributed by atoms with Crippen molar-refractivity contribution in [2.24, 2.45) is 11.8 Å². The number of nitrogens with zero attached hydrogens (tertiary/aromatic N) is 2. The van der Waals surface area contributed by atoms with Gasteiger partial charge in [-0.2, -0.15) is 0 Å². The molecular formula is C20H36N2. The molecule has 126 valence electrons. The second-order valence-electron chi connectivity index (χ2n) is 9.68. The first kappa shape index (κ1) is 15.4. The van der Waals surface area contributed by atoms with Gasteiger partial charge in [0.05, 0.1) is 0 Å². The summed E-state index contributed by atoms with van der Waals surface area (Å²) in [6.07, 6.45) is 11.8. The average molecular weight is 305 g/mol. The van der Waals surface area contributed by atoms with Gasteiger partial charge in [0.2, 0.25) is 0 Å². The summed E-state index contributed by atoms with van der Waals surface area (Å²) >= 11 is 0. The Kier molecular flexibility index (Phi) is 3.85. The summed E-state index contributed by atoms with van der Waals surface area (Å²) < 4.78 is 0. The topological polar surface area (TPSA) is 6.48 Å². The van der Waals surface area contributed by atoms with Gasteiger partial charge in [0.15, 0.2) is 0 Å². The molecule has 0 aromatic rings. The molecule has 4 aliphatic rings. The second-order valence-corrected chi connectivity index (χ2v) is 9.68. The van der Waals surface area contributed by atoms with E-state index in [1.54, 1.807) is 0 Å². The third-order valence-electron chi connectivity index (χ3n) is 7.55. The molecule has 0 radical (unpaired) electrons. The van der Waals surface area contributed by atoms with Crippen LogP contribution in [0.4, 0.5) is 0 Å². The minimum absolute atomic E-state index is 0.435. The molecule has 5 unspecified atom stereocenters. The normalized spacial score (nSPS) is 42.7. The van der Waals surface area contributed by atoms with Gasteiger partial charge in [0.1, 0.15) is 0 Å². The van der Waals surface area contributed by atoms with Crippen LogP contribution in [0.3, 0.4) is 0 Å². The molecular weight excluding hydrogens is 268 g/mol. The van der Waals surface area contributed by atoms with Gasteiger partial charge in [0, 0.05) is 36.3 Å². The molecule has 0 amide bonds. The Hall–Kier alpha value is -0.0800. The number of rotatable bonds is 4. The summed E-state index contributed by atoms with van der Waals surface area (Å²) in [4.78, 5) is 5.75. The third kappa shape index (κ3) is 2.45. The van der Waals surface area contributed by atoms with Crippen LogP contribution in [0.15, 0.2) is 0 Å². The summed E-state index contributed by atoms with van der Waals surface area (Å²) in [7, 11) is 0. The van der Waals surface area contributed by atoms with Crippen LogP contribution in [-0.4, -0.2) is 46.1 Å². The van der Waals surface area contributed by atoms with E-state index in [9.17, 15) is 0 Å². The van der Waals surface area contributed by atoms with Gasteiger partial charge in [-0.15, -0.1) is 0 Å². The van der Waals surface area contributed by atoms with Crippen LogP contribution in [0.5, 0.6) is 0 Å². The summed E-state index contributed by atoms with van der Waals surface area (Å²) in [5, 5.41) is 0. The molecule has 0 aromatic heterocycles. The highest BCUT2D eigenvalue weighted by Gasteiger charge is 2.50. The van der Waals surface area contributed by atoms with Crippen molar-refractivity contribution in [2.75, 3.05) is 6.54 Å². The van der Waals surface area contributed by atoms with E-state index in [0.717, 1.165) is 36.0 Å². The molecule has 3 aliphatic heterocycles. The Morgan fingerprint density at radius 3 is 2.18 bits per heavy atom. The quantitative estimate of drug-likeness (QED) is 0.764. The molecule has 0 spiro atoms. The van der Waals surface area contributed by atoms with Crippen molar-refractivity contribution in [3.8, 4) is 0 Å². The highest BCUT2D eigenvalue weighted by Crippen LogP contribution is 2.49. The van der Waals surface area contributed by atoms with Crippen molar-refractivity contribution >= 4 is 0 Å². The van der Waals surface area contributed by atoms with Crippen molar-refractivity contribution in [1.29, 1.82) is 0 Å². The lowest BCUT2D eigenvalue weighted by molar-refractivity contribution is 0.00609. The van der Waals surface area contributed by atoms with Crippen molar-refractivity contribution in [3.63, 3.8) is 0 Å². The molecule has 5 atom stereocenters. The van der Waals surface area contributed by atoms with Gasteiger partial charge >= 0.3 is 0 Å². The van der Waals surface area contributed by atoms with Crippen molar-refractivity contribution in [2.45, 2.75) is 109 Å². The Bertz CT molecular complexity index is 400. The first-order valence-corrected chi connectivity index (χ1v) is 10.00. The van der Waals surface area contributed by atoms with Gasteiger partial charge in [-0.05, 0) is 84.5 Å². The fourth-order valence-corrected chi connectivity index (χ4v) is 6.83. The Labute approximate surface area is 137 Å². The number of fused-ring (bicyclic) bond motifs is 4. The molecule has 4 rings (SSSR count). The number of likely N-dealkylation sites (tertiary alicyclic amines) is 1. The molecule has 1 saturated carbocycles. The predicted molar refractivity (Wildman–Crippen MR) is 93.0 cm³/mol. The van der Waals surface area contributed by atoms with Crippen LogP contribution in [-0.2, 0) is 0 Å². The molecule has 0 N–H and O–H groups in total. The Morgan fingerprint density at radius 2 is 1.64 bits per heavy atom. The van der Waals surface area contributed by atoms with E-state index in [1.165, 1.54) is 57.9 Å². The van der Waals surface area contributed by atoms with Gasteiger partial charge in [-0.25, -0.2) is 0 Å².